The fraction of sp³-hybridized carbons (Fsp3) is 0.348. The Morgan fingerprint density at radius 2 is 1.81 bits per heavy atom. The van der Waals surface area contributed by atoms with Crippen LogP contribution in [0.5, 0.6) is 0 Å². The van der Waals surface area contributed by atoms with Gasteiger partial charge in [0.25, 0.3) is 0 Å². The Morgan fingerprint density at radius 1 is 1.11 bits per heavy atom. The van der Waals surface area contributed by atoms with Crippen molar-refractivity contribution in [3.63, 3.8) is 0 Å². The highest BCUT2D eigenvalue weighted by atomic mass is 35.5. The number of benzene rings is 2. The first-order valence-corrected chi connectivity index (χ1v) is 10.1. The SMILES string of the molecule is CCc1cc(-c2cc(Cl)cc(Cl)c2)ccc1C1=C(C)[C@@]2(C)CC[C@H](O2)C1=O. The molecule has 2 nitrogen and oxygen atoms in total. The second kappa shape index (κ2) is 6.77. The van der Waals surface area contributed by atoms with Crippen molar-refractivity contribution in [2.45, 2.75) is 51.7 Å². The van der Waals surface area contributed by atoms with Crippen molar-refractivity contribution in [1.29, 1.82) is 0 Å². The summed E-state index contributed by atoms with van der Waals surface area (Å²) < 4.78 is 6.02. The Hall–Kier alpha value is -1.61. The van der Waals surface area contributed by atoms with E-state index >= 15 is 0 Å². The molecule has 2 aromatic carbocycles. The predicted octanol–water partition coefficient (Wildman–Crippen LogP) is 6.52. The number of hydrogen-bond acceptors (Lipinski definition) is 2. The first-order chi connectivity index (χ1) is 12.8. The maximum absolute atomic E-state index is 13.0. The summed E-state index contributed by atoms with van der Waals surface area (Å²) in [6.07, 6.45) is 2.24. The van der Waals surface area contributed by atoms with Gasteiger partial charge in [-0.2, -0.15) is 0 Å². The summed E-state index contributed by atoms with van der Waals surface area (Å²) >= 11 is 12.3. The fourth-order valence-corrected chi connectivity index (χ4v) is 4.80. The maximum Gasteiger partial charge on any atom is 0.192 e. The number of fused-ring (bicyclic) bond motifs is 2. The van der Waals surface area contributed by atoms with Crippen molar-refractivity contribution < 1.29 is 9.53 Å². The first-order valence-electron chi connectivity index (χ1n) is 9.35. The van der Waals surface area contributed by atoms with Crippen LogP contribution in [0.15, 0.2) is 42.0 Å². The van der Waals surface area contributed by atoms with Gasteiger partial charge in [0.15, 0.2) is 5.78 Å². The van der Waals surface area contributed by atoms with Gasteiger partial charge in [0.05, 0.1) is 5.60 Å². The minimum atomic E-state index is -0.321. The van der Waals surface area contributed by atoms with Gasteiger partial charge in [0.1, 0.15) is 6.10 Å². The third kappa shape index (κ3) is 3.14. The molecule has 140 valence electrons. The van der Waals surface area contributed by atoms with Crippen LogP contribution in [0, 0.1) is 0 Å². The number of carbonyl (C=O) groups excluding carboxylic acids is 1. The van der Waals surface area contributed by atoms with Crippen LogP contribution in [-0.4, -0.2) is 17.5 Å². The van der Waals surface area contributed by atoms with Gasteiger partial charge in [0, 0.05) is 15.6 Å². The third-order valence-electron chi connectivity index (χ3n) is 5.94. The van der Waals surface area contributed by atoms with Crippen molar-refractivity contribution >= 4 is 34.6 Å². The molecule has 1 fully saturated rings. The molecule has 0 radical (unpaired) electrons. The normalized spacial score (nSPS) is 24.6. The molecule has 2 aromatic rings. The average molecular weight is 401 g/mol. The minimum Gasteiger partial charge on any atom is -0.360 e. The highest BCUT2D eigenvalue weighted by Gasteiger charge is 2.47. The summed E-state index contributed by atoms with van der Waals surface area (Å²) in [7, 11) is 0. The van der Waals surface area contributed by atoms with Gasteiger partial charge in [-0.3, -0.25) is 4.79 Å². The molecule has 1 saturated heterocycles. The highest BCUT2D eigenvalue weighted by molar-refractivity contribution is 6.35. The number of hydrogen-bond donors (Lipinski definition) is 0. The lowest BCUT2D eigenvalue weighted by Gasteiger charge is -2.33. The zero-order chi connectivity index (χ0) is 19.3. The van der Waals surface area contributed by atoms with Crippen molar-refractivity contribution in [2.24, 2.45) is 0 Å². The van der Waals surface area contributed by atoms with E-state index in [0.29, 0.717) is 10.0 Å². The molecule has 27 heavy (non-hydrogen) atoms. The topological polar surface area (TPSA) is 26.3 Å². The van der Waals surface area contributed by atoms with Gasteiger partial charge in [-0.05, 0) is 79.1 Å². The largest absolute Gasteiger partial charge is 0.360 e. The van der Waals surface area contributed by atoms with Gasteiger partial charge in [0.2, 0.25) is 0 Å². The second-order valence-corrected chi connectivity index (χ2v) is 8.50. The number of carbonyl (C=O) groups is 1. The van der Waals surface area contributed by atoms with Crippen LogP contribution in [0.4, 0.5) is 0 Å². The van der Waals surface area contributed by atoms with Crippen LogP contribution >= 0.6 is 23.2 Å². The van der Waals surface area contributed by atoms with Gasteiger partial charge in [-0.1, -0.05) is 48.3 Å². The summed E-state index contributed by atoms with van der Waals surface area (Å²) in [4.78, 5) is 13.0. The molecule has 2 aliphatic heterocycles. The van der Waals surface area contributed by atoms with Gasteiger partial charge < -0.3 is 4.74 Å². The minimum absolute atomic E-state index is 0.121. The van der Waals surface area contributed by atoms with E-state index in [-0.39, 0.29) is 17.5 Å². The number of ketones is 1. The zero-order valence-corrected chi connectivity index (χ0v) is 17.2. The Balaban J connectivity index is 1.84. The third-order valence-corrected chi connectivity index (χ3v) is 6.38. The molecule has 0 aromatic heterocycles. The van der Waals surface area contributed by atoms with E-state index in [2.05, 4.69) is 26.0 Å². The summed E-state index contributed by atoms with van der Waals surface area (Å²) in [6.45, 7) is 6.26. The van der Waals surface area contributed by atoms with Gasteiger partial charge in [-0.25, -0.2) is 0 Å². The standard InChI is InChI=1S/C23H22Cl2O2/c1-4-14-9-15(16-10-17(24)12-18(25)11-16)5-6-19(14)21-13(2)23(3)8-7-20(27-23)22(21)26/h5-6,9-12,20H,4,7-8H2,1-3H3/t20-,23+/m0/s1. The van der Waals surface area contributed by atoms with E-state index in [1.165, 1.54) is 0 Å². The molecule has 0 saturated carbocycles. The summed E-state index contributed by atoms with van der Waals surface area (Å²) in [5.41, 5.74) is 5.78. The zero-order valence-electron chi connectivity index (χ0n) is 15.7. The molecular formula is C23H22Cl2O2. The van der Waals surface area contributed by atoms with E-state index in [1.54, 1.807) is 6.07 Å². The molecular weight excluding hydrogens is 379 g/mol. The number of rotatable bonds is 3. The van der Waals surface area contributed by atoms with E-state index in [9.17, 15) is 4.79 Å². The predicted molar refractivity (Wildman–Crippen MR) is 111 cm³/mol. The van der Waals surface area contributed by atoms with E-state index in [1.807, 2.05) is 25.1 Å². The van der Waals surface area contributed by atoms with Crippen molar-refractivity contribution in [2.75, 3.05) is 0 Å². The Labute approximate surface area is 170 Å². The van der Waals surface area contributed by atoms with Crippen LogP contribution < -0.4 is 0 Å². The van der Waals surface area contributed by atoms with Gasteiger partial charge >= 0.3 is 0 Å². The van der Waals surface area contributed by atoms with E-state index < -0.39 is 0 Å². The second-order valence-electron chi connectivity index (χ2n) is 7.62. The smallest absolute Gasteiger partial charge is 0.192 e. The monoisotopic (exact) mass is 400 g/mol. The quantitative estimate of drug-likeness (QED) is 0.586. The van der Waals surface area contributed by atoms with Crippen LogP contribution in [0.3, 0.4) is 0 Å². The molecule has 0 unspecified atom stereocenters. The lowest BCUT2D eigenvalue weighted by molar-refractivity contribution is -0.128. The molecule has 0 amide bonds. The molecule has 2 aliphatic rings. The number of halogens is 2. The Bertz CT molecular complexity index is 956. The van der Waals surface area contributed by atoms with E-state index in [0.717, 1.165) is 52.7 Å². The fourth-order valence-electron chi connectivity index (χ4n) is 4.27. The lowest BCUT2D eigenvalue weighted by atomic mass is 9.83. The summed E-state index contributed by atoms with van der Waals surface area (Å²) in [6, 6.07) is 11.8. The summed E-state index contributed by atoms with van der Waals surface area (Å²) in [5.74, 6) is 0.121. The molecule has 0 N–H and O–H groups in total. The van der Waals surface area contributed by atoms with Crippen LogP contribution in [0.2, 0.25) is 10.0 Å². The maximum atomic E-state index is 13.0. The Kier molecular flexibility index (Phi) is 4.70. The van der Waals surface area contributed by atoms with Crippen LogP contribution in [0.1, 0.15) is 44.7 Å². The molecule has 0 spiro atoms. The number of ether oxygens (including phenoxy) is 1. The number of aryl methyl sites for hydroxylation is 1. The van der Waals surface area contributed by atoms with Crippen LogP contribution in [-0.2, 0) is 16.0 Å². The van der Waals surface area contributed by atoms with Crippen molar-refractivity contribution in [3.05, 3.63) is 63.1 Å². The lowest BCUT2D eigenvalue weighted by Crippen LogP contribution is -2.37. The van der Waals surface area contributed by atoms with Crippen LogP contribution in [0.25, 0.3) is 16.7 Å². The van der Waals surface area contributed by atoms with E-state index in [4.69, 9.17) is 27.9 Å². The van der Waals surface area contributed by atoms with Crippen molar-refractivity contribution in [1.82, 2.24) is 0 Å². The molecule has 2 bridgehead atoms. The molecule has 2 heterocycles. The van der Waals surface area contributed by atoms with Crippen molar-refractivity contribution in [3.8, 4) is 11.1 Å². The highest BCUT2D eigenvalue weighted by Crippen LogP contribution is 2.46. The first kappa shape index (κ1) is 18.7. The molecule has 0 aliphatic carbocycles. The Morgan fingerprint density at radius 3 is 2.48 bits per heavy atom. The summed E-state index contributed by atoms with van der Waals surface area (Å²) in [5, 5.41) is 1.23. The number of Topliss-reactive ketones (excluding diaryl/α,β-unsaturated/α-hetero) is 1. The average Bonchev–Trinajstić information content (AvgIpc) is 3.01. The molecule has 4 heteroatoms. The molecule has 4 rings (SSSR count). The van der Waals surface area contributed by atoms with Gasteiger partial charge in [-0.15, -0.1) is 0 Å². The molecule has 2 atom stereocenters.